The average Bonchev–Trinajstić information content (AvgIpc) is 3.33. The fourth-order valence-electron chi connectivity index (χ4n) is 8.43. The van der Waals surface area contributed by atoms with E-state index >= 15 is 0 Å². The van der Waals surface area contributed by atoms with Gasteiger partial charge < -0.3 is 14.2 Å². The van der Waals surface area contributed by atoms with Crippen LogP contribution in [0, 0.1) is 0 Å². The van der Waals surface area contributed by atoms with Crippen LogP contribution in [0.25, 0.3) is 0 Å². The molecular formula is C61H110O6. The van der Waals surface area contributed by atoms with Gasteiger partial charge in [0, 0.05) is 19.3 Å². The molecule has 1 unspecified atom stereocenters. The SMILES string of the molecule is CCCCC/C=C\C=C/CCCCCCCCC(=O)OCC(COC(=O)CCCCCCCCCCCCCCCCCCCC)OC(=O)CCCCC/C=C\C=C/CCCCCCCCC. The number of ether oxygens (including phenoxy) is 3. The van der Waals surface area contributed by atoms with E-state index in [1.165, 1.54) is 186 Å². The first kappa shape index (κ1) is 64.4. The Morgan fingerprint density at radius 2 is 0.522 bits per heavy atom. The molecule has 0 amide bonds. The van der Waals surface area contributed by atoms with E-state index < -0.39 is 6.10 Å². The third-order valence-electron chi connectivity index (χ3n) is 12.9. The van der Waals surface area contributed by atoms with E-state index in [-0.39, 0.29) is 31.1 Å². The minimum absolute atomic E-state index is 0.0847. The van der Waals surface area contributed by atoms with Crippen molar-refractivity contribution < 1.29 is 28.6 Å². The van der Waals surface area contributed by atoms with Gasteiger partial charge in [-0.2, -0.15) is 0 Å². The molecule has 0 aromatic rings. The predicted molar refractivity (Wildman–Crippen MR) is 289 cm³/mol. The third-order valence-corrected chi connectivity index (χ3v) is 12.9. The Morgan fingerprint density at radius 3 is 0.836 bits per heavy atom. The maximum absolute atomic E-state index is 12.8. The van der Waals surface area contributed by atoms with Gasteiger partial charge in [0.1, 0.15) is 13.2 Å². The van der Waals surface area contributed by atoms with Crippen LogP contribution in [0.5, 0.6) is 0 Å². The van der Waals surface area contributed by atoms with Gasteiger partial charge in [-0.1, -0.05) is 262 Å². The van der Waals surface area contributed by atoms with Crippen LogP contribution in [0.2, 0.25) is 0 Å². The summed E-state index contributed by atoms with van der Waals surface area (Å²) in [4.78, 5) is 38.1. The van der Waals surface area contributed by atoms with Crippen molar-refractivity contribution in [2.75, 3.05) is 13.2 Å². The van der Waals surface area contributed by atoms with Crippen LogP contribution < -0.4 is 0 Å². The molecule has 390 valence electrons. The molecule has 0 spiro atoms. The summed E-state index contributed by atoms with van der Waals surface area (Å²) >= 11 is 0. The maximum Gasteiger partial charge on any atom is 0.306 e. The number of allylic oxidation sites excluding steroid dienone is 8. The molecule has 0 fully saturated rings. The lowest BCUT2D eigenvalue weighted by Gasteiger charge is -2.18. The number of carbonyl (C=O) groups is 3. The van der Waals surface area contributed by atoms with Crippen LogP contribution in [0.15, 0.2) is 48.6 Å². The normalized spacial score (nSPS) is 12.3. The van der Waals surface area contributed by atoms with Crippen molar-refractivity contribution in [2.45, 2.75) is 309 Å². The highest BCUT2D eigenvalue weighted by Crippen LogP contribution is 2.16. The Kier molecular flexibility index (Phi) is 53.8. The van der Waals surface area contributed by atoms with Crippen LogP contribution in [-0.4, -0.2) is 37.2 Å². The summed E-state index contributed by atoms with van der Waals surface area (Å²) < 4.78 is 16.8. The number of unbranched alkanes of at least 4 members (excludes halogenated alkanes) is 36. The summed E-state index contributed by atoms with van der Waals surface area (Å²) in [6.07, 6.45) is 68.1. The summed E-state index contributed by atoms with van der Waals surface area (Å²) in [7, 11) is 0. The van der Waals surface area contributed by atoms with Gasteiger partial charge in [0.05, 0.1) is 0 Å². The molecule has 0 aromatic heterocycles. The zero-order valence-electron chi connectivity index (χ0n) is 44.7. The van der Waals surface area contributed by atoms with Gasteiger partial charge in [-0.15, -0.1) is 0 Å². The van der Waals surface area contributed by atoms with E-state index in [0.29, 0.717) is 19.3 Å². The Hall–Kier alpha value is -2.63. The van der Waals surface area contributed by atoms with Crippen LogP contribution in [0.1, 0.15) is 303 Å². The first-order valence-corrected chi connectivity index (χ1v) is 29.2. The number of rotatable bonds is 53. The van der Waals surface area contributed by atoms with Gasteiger partial charge in [-0.3, -0.25) is 14.4 Å². The van der Waals surface area contributed by atoms with E-state index in [1.807, 2.05) is 0 Å². The summed E-state index contributed by atoms with van der Waals surface area (Å²) in [5, 5.41) is 0. The monoisotopic (exact) mass is 939 g/mol. The van der Waals surface area contributed by atoms with Gasteiger partial charge in [-0.25, -0.2) is 0 Å². The molecule has 0 heterocycles. The minimum Gasteiger partial charge on any atom is -0.462 e. The van der Waals surface area contributed by atoms with E-state index in [9.17, 15) is 14.4 Å². The highest BCUT2D eigenvalue weighted by molar-refractivity contribution is 5.71. The lowest BCUT2D eigenvalue weighted by molar-refractivity contribution is -0.167. The fraction of sp³-hybridized carbons (Fsp3) is 0.820. The topological polar surface area (TPSA) is 78.9 Å². The number of esters is 3. The van der Waals surface area contributed by atoms with Crippen molar-refractivity contribution >= 4 is 17.9 Å². The third kappa shape index (κ3) is 54.2. The van der Waals surface area contributed by atoms with E-state index in [2.05, 4.69) is 69.4 Å². The second-order valence-corrected chi connectivity index (χ2v) is 19.6. The quantitative estimate of drug-likeness (QED) is 0.0262. The molecule has 0 radical (unpaired) electrons. The fourth-order valence-corrected chi connectivity index (χ4v) is 8.43. The van der Waals surface area contributed by atoms with Gasteiger partial charge in [0.2, 0.25) is 0 Å². The minimum atomic E-state index is -0.790. The summed E-state index contributed by atoms with van der Waals surface area (Å²) in [5.41, 5.74) is 0. The Bertz CT molecular complexity index is 1170. The van der Waals surface area contributed by atoms with E-state index in [1.54, 1.807) is 0 Å². The second kappa shape index (κ2) is 56.0. The molecule has 0 aliphatic carbocycles. The molecular weight excluding hydrogens is 829 g/mol. The van der Waals surface area contributed by atoms with Gasteiger partial charge in [-0.05, 0) is 70.6 Å². The largest absolute Gasteiger partial charge is 0.462 e. The lowest BCUT2D eigenvalue weighted by atomic mass is 10.0. The molecule has 1 atom stereocenters. The lowest BCUT2D eigenvalue weighted by Crippen LogP contribution is -2.30. The molecule has 0 aliphatic rings. The van der Waals surface area contributed by atoms with E-state index in [0.717, 1.165) is 77.0 Å². The van der Waals surface area contributed by atoms with Gasteiger partial charge >= 0.3 is 17.9 Å². The Labute approximate surface area is 416 Å². The molecule has 0 aromatic carbocycles. The van der Waals surface area contributed by atoms with Crippen molar-refractivity contribution in [3.63, 3.8) is 0 Å². The number of carbonyl (C=O) groups excluding carboxylic acids is 3. The molecule has 0 aliphatic heterocycles. The maximum atomic E-state index is 12.8. The number of hydrogen-bond donors (Lipinski definition) is 0. The van der Waals surface area contributed by atoms with Crippen LogP contribution in [0.3, 0.4) is 0 Å². The van der Waals surface area contributed by atoms with Crippen LogP contribution in [-0.2, 0) is 28.6 Å². The first-order valence-electron chi connectivity index (χ1n) is 29.2. The first-order chi connectivity index (χ1) is 33.0. The molecule has 0 saturated carbocycles. The van der Waals surface area contributed by atoms with Crippen molar-refractivity contribution in [2.24, 2.45) is 0 Å². The Morgan fingerprint density at radius 1 is 0.299 bits per heavy atom. The average molecular weight is 940 g/mol. The van der Waals surface area contributed by atoms with Crippen molar-refractivity contribution in [3.8, 4) is 0 Å². The zero-order chi connectivity index (χ0) is 48.6. The summed E-state index contributed by atoms with van der Waals surface area (Å²) in [5.74, 6) is -0.909. The molecule has 0 rings (SSSR count). The molecule has 0 saturated heterocycles. The standard InChI is InChI=1S/C61H110O6/c1-4-7-10-13-16-19-22-25-28-30-31-34-36-39-42-45-48-51-54-60(63)66-57-58(56-65-59(62)53-50-47-44-41-38-35-32-27-24-21-18-15-12-9-6-3)67-61(64)55-52-49-46-43-40-37-33-29-26-23-20-17-14-11-8-5-2/h18,21,24,27,29,33,37,40,58H,4-17,19-20,22-23,25-26,28,30-32,34-36,38-39,41-57H2,1-3H3/b21-18-,27-24-,33-29-,40-37-. The summed E-state index contributed by atoms with van der Waals surface area (Å²) in [6, 6.07) is 0. The zero-order valence-corrected chi connectivity index (χ0v) is 44.7. The smallest absolute Gasteiger partial charge is 0.306 e. The molecule has 6 heteroatoms. The highest BCUT2D eigenvalue weighted by atomic mass is 16.6. The molecule has 67 heavy (non-hydrogen) atoms. The van der Waals surface area contributed by atoms with Crippen LogP contribution in [0.4, 0.5) is 0 Å². The van der Waals surface area contributed by atoms with Gasteiger partial charge in [0.15, 0.2) is 6.10 Å². The molecule has 0 bridgehead atoms. The molecule has 0 N–H and O–H groups in total. The number of hydrogen-bond acceptors (Lipinski definition) is 6. The van der Waals surface area contributed by atoms with E-state index in [4.69, 9.17) is 14.2 Å². The summed E-state index contributed by atoms with van der Waals surface area (Å²) in [6.45, 7) is 6.61. The highest BCUT2D eigenvalue weighted by Gasteiger charge is 2.19. The predicted octanol–water partition coefficient (Wildman–Crippen LogP) is 19.4. The van der Waals surface area contributed by atoms with Crippen molar-refractivity contribution in [1.29, 1.82) is 0 Å². The Balaban J connectivity index is 4.39. The van der Waals surface area contributed by atoms with Gasteiger partial charge in [0.25, 0.3) is 0 Å². The van der Waals surface area contributed by atoms with Crippen LogP contribution >= 0.6 is 0 Å². The second-order valence-electron chi connectivity index (χ2n) is 19.6. The van der Waals surface area contributed by atoms with Crippen molar-refractivity contribution in [3.05, 3.63) is 48.6 Å². The van der Waals surface area contributed by atoms with Crippen molar-refractivity contribution in [1.82, 2.24) is 0 Å². The molecule has 6 nitrogen and oxygen atoms in total.